The zero-order valence-corrected chi connectivity index (χ0v) is 18.1. The van der Waals surface area contributed by atoms with Crippen LogP contribution >= 0.6 is 11.8 Å². The van der Waals surface area contributed by atoms with Crippen molar-refractivity contribution in [1.29, 1.82) is 0 Å². The quantitative estimate of drug-likeness (QED) is 0.467. The third-order valence-corrected chi connectivity index (χ3v) is 6.27. The molecule has 30 heavy (non-hydrogen) atoms. The van der Waals surface area contributed by atoms with Gasteiger partial charge in [0.25, 0.3) is 0 Å². The first kappa shape index (κ1) is 20.2. The first-order valence-corrected chi connectivity index (χ1v) is 10.8. The summed E-state index contributed by atoms with van der Waals surface area (Å²) >= 11 is 1.34. The molecule has 0 aliphatic rings. The van der Waals surface area contributed by atoms with E-state index in [1.807, 2.05) is 6.07 Å². The molecule has 1 heterocycles. The molecule has 0 spiro atoms. The number of hydrogen-bond donors (Lipinski definition) is 1. The van der Waals surface area contributed by atoms with Crippen molar-refractivity contribution in [2.75, 3.05) is 0 Å². The van der Waals surface area contributed by atoms with E-state index in [1.54, 1.807) is 6.92 Å². The van der Waals surface area contributed by atoms with Crippen molar-refractivity contribution in [3.05, 3.63) is 83.2 Å². The van der Waals surface area contributed by atoms with E-state index in [9.17, 15) is 4.79 Å². The van der Waals surface area contributed by atoms with E-state index >= 15 is 0 Å². The standard InChI is InChI=1S/C24H24N4OS/c1-15-11-12-21(16(2)13-15)28-22(26-27-24(28)30-17(3)23(25)29)14-19-9-6-8-18-7-4-5-10-20(18)19/h4-13,17H,14H2,1-3H3,(H2,25,29)/t17-/m0/s1. The number of aryl methyl sites for hydroxylation is 2. The molecule has 1 amide bonds. The number of amides is 1. The summed E-state index contributed by atoms with van der Waals surface area (Å²) in [6.07, 6.45) is 0.632. The maximum atomic E-state index is 11.7. The lowest BCUT2D eigenvalue weighted by atomic mass is 10.0. The van der Waals surface area contributed by atoms with Crippen LogP contribution < -0.4 is 5.73 Å². The minimum Gasteiger partial charge on any atom is -0.369 e. The Hall–Kier alpha value is -3.12. The largest absolute Gasteiger partial charge is 0.369 e. The highest BCUT2D eigenvalue weighted by Crippen LogP contribution is 2.29. The fourth-order valence-electron chi connectivity index (χ4n) is 3.62. The average molecular weight is 417 g/mol. The van der Waals surface area contributed by atoms with Crippen LogP contribution in [0.15, 0.2) is 65.8 Å². The molecule has 4 aromatic rings. The molecule has 0 bridgehead atoms. The van der Waals surface area contributed by atoms with Gasteiger partial charge in [-0.25, -0.2) is 0 Å². The molecule has 0 aliphatic carbocycles. The van der Waals surface area contributed by atoms with Gasteiger partial charge in [-0.2, -0.15) is 0 Å². The fourth-order valence-corrected chi connectivity index (χ4v) is 4.45. The number of aromatic nitrogens is 3. The summed E-state index contributed by atoms with van der Waals surface area (Å²) in [5.41, 5.74) is 10.0. The van der Waals surface area contributed by atoms with Crippen LogP contribution in [0.3, 0.4) is 0 Å². The van der Waals surface area contributed by atoms with Crippen molar-refractivity contribution in [3.8, 4) is 5.69 Å². The second-order valence-corrected chi connectivity index (χ2v) is 8.81. The molecule has 0 saturated carbocycles. The molecule has 0 aliphatic heterocycles. The number of fused-ring (bicyclic) bond motifs is 1. The van der Waals surface area contributed by atoms with Crippen LogP contribution in [0.2, 0.25) is 0 Å². The molecule has 3 aromatic carbocycles. The molecule has 0 saturated heterocycles. The van der Waals surface area contributed by atoms with Crippen molar-refractivity contribution in [1.82, 2.24) is 14.8 Å². The van der Waals surface area contributed by atoms with Crippen LogP contribution in [0.4, 0.5) is 0 Å². The zero-order chi connectivity index (χ0) is 21.3. The van der Waals surface area contributed by atoms with Crippen molar-refractivity contribution < 1.29 is 4.79 Å². The predicted molar refractivity (Wildman–Crippen MR) is 122 cm³/mol. The Labute approximate surface area is 180 Å². The minimum absolute atomic E-state index is 0.370. The van der Waals surface area contributed by atoms with Gasteiger partial charge in [-0.3, -0.25) is 9.36 Å². The number of carbonyl (C=O) groups is 1. The van der Waals surface area contributed by atoms with Crippen LogP contribution in [0.25, 0.3) is 16.5 Å². The fraction of sp³-hybridized carbons (Fsp3) is 0.208. The van der Waals surface area contributed by atoms with E-state index in [-0.39, 0.29) is 5.91 Å². The van der Waals surface area contributed by atoms with Gasteiger partial charge < -0.3 is 5.73 Å². The summed E-state index contributed by atoms with van der Waals surface area (Å²) in [5, 5.41) is 11.6. The summed E-state index contributed by atoms with van der Waals surface area (Å²) in [6.45, 7) is 5.94. The Morgan fingerprint density at radius 2 is 1.83 bits per heavy atom. The van der Waals surface area contributed by atoms with Gasteiger partial charge in [-0.15, -0.1) is 10.2 Å². The molecule has 0 unspecified atom stereocenters. The third kappa shape index (κ3) is 3.96. The molecular weight excluding hydrogens is 392 g/mol. The molecule has 0 radical (unpaired) electrons. The van der Waals surface area contributed by atoms with Gasteiger partial charge in [0.2, 0.25) is 5.91 Å². The lowest BCUT2D eigenvalue weighted by molar-refractivity contribution is -0.117. The molecule has 152 valence electrons. The van der Waals surface area contributed by atoms with Crippen LogP contribution in [0, 0.1) is 13.8 Å². The molecule has 5 nitrogen and oxygen atoms in total. The lowest BCUT2D eigenvalue weighted by Gasteiger charge is -2.15. The first-order valence-electron chi connectivity index (χ1n) is 9.88. The van der Waals surface area contributed by atoms with Crippen LogP contribution in [-0.4, -0.2) is 25.9 Å². The van der Waals surface area contributed by atoms with Crippen molar-refractivity contribution in [2.24, 2.45) is 5.73 Å². The number of hydrogen-bond acceptors (Lipinski definition) is 4. The average Bonchev–Trinajstić information content (AvgIpc) is 3.10. The highest BCUT2D eigenvalue weighted by molar-refractivity contribution is 8.00. The monoisotopic (exact) mass is 416 g/mol. The molecule has 1 aromatic heterocycles. The van der Waals surface area contributed by atoms with Gasteiger partial charge in [-0.05, 0) is 48.7 Å². The van der Waals surface area contributed by atoms with Crippen molar-refractivity contribution >= 4 is 28.4 Å². The molecule has 1 atom stereocenters. The van der Waals surface area contributed by atoms with Gasteiger partial charge in [0.1, 0.15) is 5.82 Å². The van der Waals surface area contributed by atoms with E-state index in [0.717, 1.165) is 17.1 Å². The van der Waals surface area contributed by atoms with Crippen molar-refractivity contribution in [2.45, 2.75) is 37.6 Å². The number of thioether (sulfide) groups is 1. The highest BCUT2D eigenvalue weighted by atomic mass is 32.2. The number of nitrogens with zero attached hydrogens (tertiary/aromatic N) is 3. The number of carbonyl (C=O) groups excluding carboxylic acids is 1. The minimum atomic E-state index is -0.399. The van der Waals surface area contributed by atoms with E-state index in [2.05, 4.69) is 83.2 Å². The number of nitrogens with two attached hydrogens (primary N) is 1. The van der Waals surface area contributed by atoms with Gasteiger partial charge in [-0.1, -0.05) is 71.9 Å². The normalized spacial score (nSPS) is 12.2. The second-order valence-electron chi connectivity index (χ2n) is 7.50. The summed E-state index contributed by atoms with van der Waals surface area (Å²) in [5.74, 6) is 0.461. The molecular formula is C24H24N4OS. The van der Waals surface area contributed by atoms with Crippen LogP contribution in [0.1, 0.15) is 29.4 Å². The Balaban J connectivity index is 1.83. The van der Waals surface area contributed by atoms with E-state index in [0.29, 0.717) is 11.6 Å². The van der Waals surface area contributed by atoms with Gasteiger partial charge in [0, 0.05) is 6.42 Å². The Kier molecular flexibility index (Phi) is 5.59. The summed E-state index contributed by atoms with van der Waals surface area (Å²) in [6, 6.07) is 21.0. The Morgan fingerprint density at radius 3 is 2.60 bits per heavy atom. The summed E-state index contributed by atoms with van der Waals surface area (Å²) in [7, 11) is 0. The number of primary amides is 1. The van der Waals surface area contributed by atoms with E-state index < -0.39 is 5.25 Å². The van der Waals surface area contributed by atoms with Gasteiger partial charge in [0.15, 0.2) is 5.16 Å². The lowest BCUT2D eigenvalue weighted by Crippen LogP contribution is -2.23. The molecule has 6 heteroatoms. The van der Waals surface area contributed by atoms with Gasteiger partial charge >= 0.3 is 0 Å². The maximum absolute atomic E-state index is 11.7. The maximum Gasteiger partial charge on any atom is 0.230 e. The Bertz CT molecular complexity index is 1230. The zero-order valence-electron chi connectivity index (χ0n) is 17.3. The molecule has 2 N–H and O–H groups in total. The highest BCUT2D eigenvalue weighted by Gasteiger charge is 2.21. The summed E-state index contributed by atoms with van der Waals surface area (Å²) < 4.78 is 2.06. The molecule has 0 fully saturated rings. The smallest absolute Gasteiger partial charge is 0.230 e. The first-order chi connectivity index (χ1) is 14.4. The van der Waals surface area contributed by atoms with Crippen molar-refractivity contribution in [3.63, 3.8) is 0 Å². The van der Waals surface area contributed by atoms with Crippen LogP contribution in [0.5, 0.6) is 0 Å². The topological polar surface area (TPSA) is 73.8 Å². The van der Waals surface area contributed by atoms with Crippen LogP contribution in [-0.2, 0) is 11.2 Å². The third-order valence-electron chi connectivity index (χ3n) is 5.20. The van der Waals surface area contributed by atoms with E-state index in [1.165, 1.54) is 33.7 Å². The van der Waals surface area contributed by atoms with Gasteiger partial charge in [0.05, 0.1) is 10.9 Å². The SMILES string of the molecule is Cc1ccc(-n2c(Cc3cccc4ccccc34)nnc2S[C@@H](C)C(N)=O)c(C)c1. The predicted octanol–water partition coefficient (Wildman–Crippen LogP) is 4.59. The number of rotatable bonds is 6. The Morgan fingerprint density at radius 1 is 1.07 bits per heavy atom. The number of benzene rings is 3. The van der Waals surface area contributed by atoms with E-state index in [4.69, 9.17) is 5.73 Å². The molecule has 4 rings (SSSR count). The second kappa shape index (κ2) is 8.32. The summed E-state index contributed by atoms with van der Waals surface area (Å²) in [4.78, 5) is 11.7.